The molecule has 0 aliphatic heterocycles. The Morgan fingerprint density at radius 3 is 2.32 bits per heavy atom. The number of halogens is 2. The predicted octanol–water partition coefficient (Wildman–Crippen LogP) is 4.35. The molecule has 4 nitrogen and oxygen atoms in total. The third kappa shape index (κ3) is 4.75. The van der Waals surface area contributed by atoms with Crippen molar-refractivity contribution in [3.8, 4) is 0 Å². The molecule has 2 aromatic carbocycles. The maximum Gasteiger partial charge on any atom is 0.245 e. The first-order valence-corrected chi connectivity index (χ1v) is 10.2. The van der Waals surface area contributed by atoms with Crippen LogP contribution in [0.4, 0.5) is 5.69 Å². The standard InChI is InChI=1S/C18H19Cl2NO3S/c1-3-21(16-7-5-4-6-8-16)18(22)13(2)25(23,24)12-14-9-10-15(19)11-17(14)20/h4-11,13H,3,12H2,1-2H3. The molecule has 1 atom stereocenters. The van der Waals surface area contributed by atoms with Gasteiger partial charge in [-0.2, -0.15) is 0 Å². The van der Waals surface area contributed by atoms with Crippen LogP contribution in [0.5, 0.6) is 0 Å². The monoisotopic (exact) mass is 399 g/mol. The minimum atomic E-state index is -3.73. The molecule has 0 aromatic heterocycles. The summed E-state index contributed by atoms with van der Waals surface area (Å²) < 4.78 is 25.4. The van der Waals surface area contributed by atoms with Crippen molar-refractivity contribution < 1.29 is 13.2 Å². The number of hydrogen-bond acceptors (Lipinski definition) is 3. The van der Waals surface area contributed by atoms with Gasteiger partial charge < -0.3 is 4.90 Å². The topological polar surface area (TPSA) is 54.5 Å². The van der Waals surface area contributed by atoms with Gasteiger partial charge in [-0.05, 0) is 43.7 Å². The Morgan fingerprint density at radius 1 is 1.12 bits per heavy atom. The number of carbonyl (C=O) groups is 1. The molecular weight excluding hydrogens is 381 g/mol. The van der Waals surface area contributed by atoms with E-state index in [9.17, 15) is 13.2 Å². The summed E-state index contributed by atoms with van der Waals surface area (Å²) in [7, 11) is -3.73. The number of sulfone groups is 1. The third-order valence-electron chi connectivity index (χ3n) is 3.91. The fraction of sp³-hybridized carbons (Fsp3) is 0.278. The Balaban J connectivity index is 2.24. The highest BCUT2D eigenvalue weighted by molar-refractivity contribution is 7.92. The van der Waals surface area contributed by atoms with Crippen molar-refractivity contribution >= 4 is 44.6 Å². The molecule has 7 heteroatoms. The highest BCUT2D eigenvalue weighted by Crippen LogP contribution is 2.25. The summed E-state index contributed by atoms with van der Waals surface area (Å²) in [4.78, 5) is 14.2. The van der Waals surface area contributed by atoms with Gasteiger partial charge >= 0.3 is 0 Å². The zero-order valence-corrected chi connectivity index (χ0v) is 16.3. The second-order valence-electron chi connectivity index (χ2n) is 5.60. The average molecular weight is 400 g/mol. The molecule has 134 valence electrons. The lowest BCUT2D eigenvalue weighted by atomic mass is 10.2. The molecule has 0 saturated carbocycles. The molecule has 25 heavy (non-hydrogen) atoms. The molecule has 0 radical (unpaired) electrons. The van der Waals surface area contributed by atoms with Crippen LogP contribution < -0.4 is 4.90 Å². The Bertz CT molecular complexity index is 854. The van der Waals surface area contributed by atoms with E-state index in [2.05, 4.69) is 0 Å². The van der Waals surface area contributed by atoms with Crippen LogP contribution >= 0.6 is 23.2 Å². The molecule has 0 saturated heterocycles. The maximum absolute atomic E-state index is 12.7. The molecule has 0 fully saturated rings. The van der Waals surface area contributed by atoms with E-state index in [4.69, 9.17) is 23.2 Å². The quantitative estimate of drug-likeness (QED) is 0.725. The van der Waals surface area contributed by atoms with Crippen molar-refractivity contribution in [1.29, 1.82) is 0 Å². The van der Waals surface area contributed by atoms with E-state index < -0.39 is 21.0 Å². The molecule has 0 bridgehead atoms. The number of benzene rings is 2. The van der Waals surface area contributed by atoms with Crippen LogP contribution in [-0.2, 0) is 20.4 Å². The summed E-state index contributed by atoms with van der Waals surface area (Å²) in [6.07, 6.45) is 0. The van der Waals surface area contributed by atoms with Gasteiger partial charge in [0.15, 0.2) is 9.84 Å². The van der Waals surface area contributed by atoms with E-state index in [1.54, 1.807) is 43.3 Å². The normalized spacial score (nSPS) is 12.6. The first-order valence-electron chi connectivity index (χ1n) is 7.78. The number of rotatable bonds is 6. The summed E-state index contributed by atoms with van der Waals surface area (Å²) in [6, 6.07) is 13.6. The molecule has 1 amide bonds. The van der Waals surface area contributed by atoms with Gasteiger partial charge in [0.05, 0.1) is 5.75 Å². The highest BCUT2D eigenvalue weighted by atomic mass is 35.5. The molecule has 2 rings (SSSR count). The predicted molar refractivity (Wildman–Crippen MR) is 103 cm³/mol. The fourth-order valence-electron chi connectivity index (χ4n) is 2.43. The van der Waals surface area contributed by atoms with Crippen LogP contribution in [0.3, 0.4) is 0 Å². The van der Waals surface area contributed by atoms with Gasteiger partial charge in [-0.1, -0.05) is 47.5 Å². The van der Waals surface area contributed by atoms with Gasteiger partial charge in [0.2, 0.25) is 5.91 Å². The van der Waals surface area contributed by atoms with Crippen molar-refractivity contribution in [3.05, 3.63) is 64.1 Å². The van der Waals surface area contributed by atoms with Crippen LogP contribution in [0, 0.1) is 0 Å². The number of carbonyl (C=O) groups excluding carboxylic acids is 1. The molecule has 1 unspecified atom stereocenters. The van der Waals surface area contributed by atoms with E-state index in [1.165, 1.54) is 17.9 Å². The summed E-state index contributed by atoms with van der Waals surface area (Å²) in [6.45, 7) is 3.60. The zero-order chi connectivity index (χ0) is 18.6. The van der Waals surface area contributed by atoms with Crippen LogP contribution in [0.2, 0.25) is 10.0 Å². The van der Waals surface area contributed by atoms with Gasteiger partial charge in [-0.3, -0.25) is 4.79 Å². The van der Waals surface area contributed by atoms with Crippen LogP contribution in [0.15, 0.2) is 48.5 Å². The van der Waals surface area contributed by atoms with Crippen molar-refractivity contribution in [3.63, 3.8) is 0 Å². The highest BCUT2D eigenvalue weighted by Gasteiger charge is 2.32. The molecule has 0 aliphatic carbocycles. The Kier molecular flexibility index (Phi) is 6.49. The third-order valence-corrected chi connectivity index (χ3v) is 6.49. The van der Waals surface area contributed by atoms with E-state index in [0.29, 0.717) is 22.8 Å². The second-order valence-corrected chi connectivity index (χ2v) is 8.77. The molecular formula is C18H19Cl2NO3S. The van der Waals surface area contributed by atoms with Crippen molar-refractivity contribution in [2.24, 2.45) is 0 Å². The number of amides is 1. The van der Waals surface area contributed by atoms with Gasteiger partial charge in [-0.15, -0.1) is 0 Å². The Hall–Kier alpha value is -1.56. The minimum Gasteiger partial charge on any atom is -0.312 e. The first-order chi connectivity index (χ1) is 11.8. The lowest BCUT2D eigenvalue weighted by molar-refractivity contribution is -0.117. The van der Waals surface area contributed by atoms with E-state index >= 15 is 0 Å². The summed E-state index contributed by atoms with van der Waals surface area (Å²) in [5.41, 5.74) is 1.09. The van der Waals surface area contributed by atoms with Crippen molar-refractivity contribution in [1.82, 2.24) is 0 Å². The van der Waals surface area contributed by atoms with Crippen molar-refractivity contribution in [2.45, 2.75) is 24.9 Å². The fourth-order valence-corrected chi connectivity index (χ4v) is 4.35. The van der Waals surface area contributed by atoms with Gasteiger partial charge in [0, 0.05) is 22.3 Å². The smallest absolute Gasteiger partial charge is 0.245 e. The molecule has 0 aliphatic rings. The van der Waals surface area contributed by atoms with Crippen LogP contribution in [0.25, 0.3) is 0 Å². The Morgan fingerprint density at radius 2 is 1.76 bits per heavy atom. The minimum absolute atomic E-state index is 0.270. The second kappa shape index (κ2) is 8.21. The lowest BCUT2D eigenvalue weighted by Crippen LogP contribution is -2.42. The summed E-state index contributed by atoms with van der Waals surface area (Å²) in [5.74, 6) is -0.777. The number of anilines is 1. The number of para-hydroxylation sites is 1. The van der Waals surface area contributed by atoms with E-state index in [0.717, 1.165) is 0 Å². The zero-order valence-electron chi connectivity index (χ0n) is 13.9. The Labute approximate surface area is 158 Å². The van der Waals surface area contributed by atoms with E-state index in [1.807, 2.05) is 6.07 Å². The molecule has 0 heterocycles. The van der Waals surface area contributed by atoms with Gasteiger partial charge in [0.1, 0.15) is 5.25 Å². The van der Waals surface area contributed by atoms with Gasteiger partial charge in [0.25, 0.3) is 0 Å². The average Bonchev–Trinajstić information content (AvgIpc) is 2.58. The lowest BCUT2D eigenvalue weighted by Gasteiger charge is -2.24. The number of hydrogen-bond donors (Lipinski definition) is 0. The first kappa shape index (κ1) is 19.8. The molecule has 0 spiro atoms. The molecule has 0 N–H and O–H groups in total. The van der Waals surface area contributed by atoms with E-state index in [-0.39, 0.29) is 10.8 Å². The summed E-state index contributed by atoms with van der Waals surface area (Å²) >= 11 is 11.9. The van der Waals surface area contributed by atoms with Crippen LogP contribution in [-0.4, -0.2) is 26.1 Å². The summed E-state index contributed by atoms with van der Waals surface area (Å²) in [5, 5.41) is -0.484. The molecule has 2 aromatic rings. The SMILES string of the molecule is CCN(C(=O)C(C)S(=O)(=O)Cc1ccc(Cl)cc1Cl)c1ccccc1. The largest absolute Gasteiger partial charge is 0.312 e. The van der Waals surface area contributed by atoms with Crippen LogP contribution in [0.1, 0.15) is 19.4 Å². The number of nitrogens with zero attached hydrogens (tertiary/aromatic N) is 1. The van der Waals surface area contributed by atoms with Gasteiger partial charge in [-0.25, -0.2) is 8.42 Å². The van der Waals surface area contributed by atoms with Crippen molar-refractivity contribution in [2.75, 3.05) is 11.4 Å². The maximum atomic E-state index is 12.7.